The Bertz CT molecular complexity index is 463. The van der Waals surface area contributed by atoms with Gasteiger partial charge in [-0.2, -0.15) is 0 Å². The Kier molecular flexibility index (Phi) is 5.15. The number of aryl methyl sites for hydroxylation is 1. The van der Waals surface area contributed by atoms with Gasteiger partial charge in [-0.1, -0.05) is 23.1 Å². The van der Waals surface area contributed by atoms with Crippen LogP contribution in [0.3, 0.4) is 0 Å². The smallest absolute Gasteiger partial charge is 0.242 e. The molecule has 2 N–H and O–H groups in total. The van der Waals surface area contributed by atoms with Gasteiger partial charge in [0.05, 0.1) is 5.75 Å². The SMILES string of the molecule is Cc1nnc(SCC(=O)NC2CCCCNC2=O)s1. The summed E-state index contributed by atoms with van der Waals surface area (Å²) < 4.78 is 0.776. The molecule has 1 aliphatic heterocycles. The number of amides is 2. The molecule has 19 heavy (non-hydrogen) atoms. The predicted octanol–water partition coefficient (Wildman–Crippen LogP) is 0.724. The number of carbonyl (C=O) groups is 2. The van der Waals surface area contributed by atoms with Crippen LogP contribution in [0.15, 0.2) is 4.34 Å². The van der Waals surface area contributed by atoms with Crippen molar-refractivity contribution < 1.29 is 9.59 Å². The largest absolute Gasteiger partial charge is 0.354 e. The molecule has 0 aliphatic carbocycles. The lowest BCUT2D eigenvalue weighted by Crippen LogP contribution is -2.46. The second-order valence-corrected chi connectivity index (χ2v) is 6.69. The van der Waals surface area contributed by atoms with Crippen LogP contribution in [0.25, 0.3) is 0 Å². The van der Waals surface area contributed by atoms with Crippen LogP contribution in [0.4, 0.5) is 0 Å². The Morgan fingerprint density at radius 1 is 1.53 bits per heavy atom. The van der Waals surface area contributed by atoms with Gasteiger partial charge in [0.2, 0.25) is 11.8 Å². The summed E-state index contributed by atoms with van der Waals surface area (Å²) in [4.78, 5) is 23.5. The minimum atomic E-state index is -0.397. The highest BCUT2D eigenvalue weighted by Crippen LogP contribution is 2.21. The molecule has 8 heteroatoms. The quantitative estimate of drug-likeness (QED) is 0.801. The predicted molar refractivity (Wildman–Crippen MR) is 74.2 cm³/mol. The summed E-state index contributed by atoms with van der Waals surface area (Å²) in [6, 6.07) is -0.397. The monoisotopic (exact) mass is 300 g/mol. The van der Waals surface area contributed by atoms with Crippen LogP contribution in [-0.4, -0.2) is 40.4 Å². The Labute approximate surface area is 119 Å². The van der Waals surface area contributed by atoms with Crippen LogP contribution >= 0.6 is 23.1 Å². The number of nitrogens with one attached hydrogen (secondary N) is 2. The molecule has 0 aromatic carbocycles. The van der Waals surface area contributed by atoms with Gasteiger partial charge in [0, 0.05) is 6.54 Å². The van der Waals surface area contributed by atoms with Gasteiger partial charge in [-0.15, -0.1) is 10.2 Å². The highest BCUT2D eigenvalue weighted by molar-refractivity contribution is 8.01. The minimum Gasteiger partial charge on any atom is -0.354 e. The minimum absolute atomic E-state index is 0.0809. The molecule has 1 aromatic heterocycles. The van der Waals surface area contributed by atoms with Crippen molar-refractivity contribution in [3.8, 4) is 0 Å². The van der Waals surface area contributed by atoms with E-state index in [0.29, 0.717) is 13.0 Å². The molecular formula is C11H16N4O2S2. The first kappa shape index (κ1) is 14.3. The van der Waals surface area contributed by atoms with E-state index in [1.165, 1.54) is 23.1 Å². The van der Waals surface area contributed by atoms with Gasteiger partial charge in [-0.3, -0.25) is 9.59 Å². The summed E-state index contributed by atoms with van der Waals surface area (Å²) in [6.07, 6.45) is 2.63. The average Bonchev–Trinajstić information content (AvgIpc) is 2.69. The standard InChI is InChI=1S/C11H16N4O2S2/c1-7-14-15-11(19-7)18-6-9(16)13-8-4-2-3-5-12-10(8)17/h8H,2-6H2,1H3,(H,12,17)(H,13,16). The second kappa shape index (κ2) is 6.85. The lowest BCUT2D eigenvalue weighted by Gasteiger charge is -2.14. The number of rotatable bonds is 4. The number of hydrogen-bond acceptors (Lipinski definition) is 6. The van der Waals surface area contributed by atoms with Gasteiger partial charge in [-0.05, 0) is 26.2 Å². The van der Waals surface area contributed by atoms with Crippen molar-refractivity contribution in [3.63, 3.8) is 0 Å². The van der Waals surface area contributed by atoms with E-state index in [4.69, 9.17) is 0 Å². The van der Waals surface area contributed by atoms with Crippen LogP contribution in [0.1, 0.15) is 24.3 Å². The van der Waals surface area contributed by atoms with Crippen LogP contribution < -0.4 is 10.6 Å². The maximum Gasteiger partial charge on any atom is 0.242 e. The van der Waals surface area contributed by atoms with Crippen LogP contribution in [-0.2, 0) is 9.59 Å². The highest BCUT2D eigenvalue weighted by atomic mass is 32.2. The maximum atomic E-state index is 11.8. The second-order valence-electron chi connectivity index (χ2n) is 4.28. The third-order valence-corrected chi connectivity index (χ3v) is 4.68. The van der Waals surface area contributed by atoms with E-state index in [2.05, 4.69) is 20.8 Å². The van der Waals surface area contributed by atoms with E-state index >= 15 is 0 Å². The van der Waals surface area contributed by atoms with Crippen molar-refractivity contribution in [1.82, 2.24) is 20.8 Å². The van der Waals surface area contributed by atoms with Gasteiger partial charge >= 0.3 is 0 Å². The highest BCUT2D eigenvalue weighted by Gasteiger charge is 2.22. The molecule has 1 aliphatic rings. The van der Waals surface area contributed by atoms with Crippen LogP contribution in [0.2, 0.25) is 0 Å². The van der Waals surface area contributed by atoms with E-state index in [-0.39, 0.29) is 17.6 Å². The van der Waals surface area contributed by atoms with E-state index in [9.17, 15) is 9.59 Å². The molecule has 6 nitrogen and oxygen atoms in total. The van der Waals surface area contributed by atoms with Crippen molar-refractivity contribution >= 4 is 34.9 Å². The topological polar surface area (TPSA) is 84.0 Å². The molecule has 0 saturated carbocycles. The molecule has 1 aromatic rings. The average molecular weight is 300 g/mol. The molecule has 1 atom stereocenters. The Hall–Kier alpha value is -1.15. The molecule has 0 radical (unpaired) electrons. The molecule has 1 saturated heterocycles. The third-order valence-electron chi connectivity index (χ3n) is 2.70. The first-order chi connectivity index (χ1) is 9.15. The van der Waals surface area contributed by atoms with Gasteiger partial charge in [-0.25, -0.2) is 0 Å². The number of nitrogens with zero attached hydrogens (tertiary/aromatic N) is 2. The zero-order valence-corrected chi connectivity index (χ0v) is 12.3. The summed E-state index contributed by atoms with van der Waals surface area (Å²) in [5.74, 6) is 0.0424. The summed E-state index contributed by atoms with van der Waals surface area (Å²) >= 11 is 2.81. The molecule has 2 rings (SSSR count). The van der Waals surface area contributed by atoms with Crippen molar-refractivity contribution in [2.24, 2.45) is 0 Å². The third kappa shape index (κ3) is 4.46. The fourth-order valence-corrected chi connectivity index (χ4v) is 3.40. The van der Waals surface area contributed by atoms with Gasteiger partial charge in [0.25, 0.3) is 0 Å². The van der Waals surface area contributed by atoms with Gasteiger partial charge < -0.3 is 10.6 Å². The summed E-state index contributed by atoms with van der Waals surface area (Å²) in [6.45, 7) is 2.57. The Morgan fingerprint density at radius 3 is 3.11 bits per heavy atom. The van der Waals surface area contributed by atoms with Crippen LogP contribution in [0, 0.1) is 6.92 Å². The fourth-order valence-electron chi connectivity index (χ4n) is 1.78. The summed E-state index contributed by atoms with van der Waals surface area (Å²) in [5.41, 5.74) is 0. The zero-order valence-electron chi connectivity index (χ0n) is 10.6. The molecule has 2 heterocycles. The van der Waals surface area contributed by atoms with Gasteiger partial charge in [0.1, 0.15) is 11.0 Å². The van der Waals surface area contributed by atoms with E-state index < -0.39 is 6.04 Å². The first-order valence-corrected chi connectivity index (χ1v) is 7.95. The molecule has 0 spiro atoms. The lowest BCUT2D eigenvalue weighted by molar-refractivity contribution is -0.127. The Morgan fingerprint density at radius 2 is 2.37 bits per heavy atom. The molecule has 0 bridgehead atoms. The maximum absolute atomic E-state index is 11.8. The number of aromatic nitrogens is 2. The Balaban J connectivity index is 1.78. The van der Waals surface area contributed by atoms with Crippen molar-refractivity contribution in [1.29, 1.82) is 0 Å². The summed E-state index contributed by atoms with van der Waals surface area (Å²) in [5, 5.41) is 14.3. The number of hydrogen-bond donors (Lipinski definition) is 2. The number of thioether (sulfide) groups is 1. The normalized spacial score (nSPS) is 19.6. The van der Waals surface area contributed by atoms with Crippen molar-refractivity contribution in [3.05, 3.63) is 5.01 Å². The zero-order chi connectivity index (χ0) is 13.7. The number of carbonyl (C=O) groups excluding carboxylic acids is 2. The van der Waals surface area contributed by atoms with Crippen molar-refractivity contribution in [2.75, 3.05) is 12.3 Å². The van der Waals surface area contributed by atoms with E-state index in [1.807, 2.05) is 6.92 Å². The van der Waals surface area contributed by atoms with Crippen LogP contribution in [0.5, 0.6) is 0 Å². The summed E-state index contributed by atoms with van der Waals surface area (Å²) in [7, 11) is 0. The van der Waals surface area contributed by atoms with E-state index in [0.717, 1.165) is 22.2 Å². The molecule has 2 amide bonds. The first-order valence-electron chi connectivity index (χ1n) is 6.15. The molecular weight excluding hydrogens is 284 g/mol. The van der Waals surface area contributed by atoms with E-state index in [1.54, 1.807) is 0 Å². The molecule has 1 fully saturated rings. The van der Waals surface area contributed by atoms with Gasteiger partial charge in [0.15, 0.2) is 4.34 Å². The lowest BCUT2D eigenvalue weighted by atomic mass is 10.1. The fraction of sp³-hybridized carbons (Fsp3) is 0.636. The molecule has 104 valence electrons. The van der Waals surface area contributed by atoms with Crippen molar-refractivity contribution in [2.45, 2.75) is 36.6 Å². The molecule has 1 unspecified atom stereocenters.